The maximum atomic E-state index is 12.7. The van der Waals surface area contributed by atoms with Crippen LogP contribution < -0.4 is 0 Å². The zero-order valence-electron chi connectivity index (χ0n) is 13.8. The first-order valence-corrected chi connectivity index (χ1v) is 8.75. The van der Waals surface area contributed by atoms with Gasteiger partial charge in [0.25, 0.3) is 0 Å². The minimum absolute atomic E-state index is 0.112. The molecule has 4 nitrogen and oxygen atoms in total. The van der Waals surface area contributed by atoms with Crippen molar-refractivity contribution in [1.82, 2.24) is 0 Å². The van der Waals surface area contributed by atoms with E-state index < -0.39 is 37.3 Å². The van der Waals surface area contributed by atoms with E-state index in [2.05, 4.69) is 4.74 Å². The maximum absolute atomic E-state index is 12.7. The van der Waals surface area contributed by atoms with Crippen LogP contribution in [0.25, 0.3) is 0 Å². The van der Waals surface area contributed by atoms with Gasteiger partial charge < -0.3 is 9.47 Å². The van der Waals surface area contributed by atoms with E-state index in [0.717, 1.165) is 37.5 Å². The van der Waals surface area contributed by atoms with E-state index in [4.69, 9.17) is 4.74 Å². The molecule has 0 atom stereocenters. The molecule has 8 heteroatoms. The lowest BCUT2D eigenvalue weighted by Gasteiger charge is -2.53. The van der Waals surface area contributed by atoms with Crippen molar-refractivity contribution in [1.29, 1.82) is 0 Å². The normalized spacial score (nSPS) is 33.6. The molecule has 0 radical (unpaired) electrons. The molecule has 0 spiro atoms. The summed E-state index contributed by atoms with van der Waals surface area (Å²) < 4.78 is 58.9. The van der Waals surface area contributed by atoms with Crippen molar-refractivity contribution in [2.24, 2.45) is 23.7 Å². The maximum Gasteiger partial charge on any atom is 0.340 e. The molecule has 142 valence electrons. The van der Waals surface area contributed by atoms with Crippen molar-refractivity contribution >= 4 is 11.9 Å². The van der Waals surface area contributed by atoms with Crippen molar-refractivity contribution in [2.75, 3.05) is 6.61 Å². The Hall–Kier alpha value is -1.34. The molecular weight excluding hydrogens is 344 g/mol. The summed E-state index contributed by atoms with van der Waals surface area (Å²) in [5, 5.41) is 0. The molecule has 0 aliphatic heterocycles. The van der Waals surface area contributed by atoms with Crippen molar-refractivity contribution in [3.8, 4) is 0 Å². The second-order valence-electron chi connectivity index (χ2n) is 7.61. The Morgan fingerprint density at radius 2 is 1.44 bits per heavy atom. The first kappa shape index (κ1) is 18.5. The molecule has 4 aliphatic carbocycles. The predicted octanol–water partition coefficient (Wildman–Crippen LogP) is 3.58. The average Bonchev–Trinajstić information content (AvgIpc) is 2.53. The van der Waals surface area contributed by atoms with Gasteiger partial charge in [-0.05, 0) is 55.8 Å². The van der Waals surface area contributed by atoms with Crippen LogP contribution in [0, 0.1) is 23.7 Å². The van der Waals surface area contributed by atoms with Gasteiger partial charge >= 0.3 is 24.3 Å². The van der Waals surface area contributed by atoms with Gasteiger partial charge in [0, 0.05) is 0 Å². The fourth-order valence-corrected chi connectivity index (χ4v) is 4.79. The van der Waals surface area contributed by atoms with Crippen molar-refractivity contribution in [2.45, 2.75) is 63.4 Å². The van der Waals surface area contributed by atoms with Crippen LogP contribution in [0.5, 0.6) is 0 Å². The second kappa shape index (κ2) is 7.11. The standard InChI is InChI=1S/C17H22F4O4/c18-16(19)17(20,21)8-24-13(22)1-2-14(23)25-15-11-4-9-3-10(6-11)7-12(15)5-9/h9-12,15-16H,1-8H2. The minimum atomic E-state index is -4.38. The lowest BCUT2D eigenvalue weighted by molar-refractivity contribution is -0.181. The Bertz CT molecular complexity index is 495. The molecule has 0 aromatic heterocycles. The van der Waals surface area contributed by atoms with E-state index in [9.17, 15) is 27.2 Å². The van der Waals surface area contributed by atoms with Crippen molar-refractivity contribution in [3.05, 3.63) is 0 Å². The number of hydrogen-bond acceptors (Lipinski definition) is 4. The molecule has 0 saturated heterocycles. The zero-order valence-corrected chi connectivity index (χ0v) is 13.8. The Morgan fingerprint density at radius 1 is 0.920 bits per heavy atom. The molecule has 0 N–H and O–H groups in total. The van der Waals surface area contributed by atoms with Gasteiger partial charge in [-0.15, -0.1) is 0 Å². The second-order valence-corrected chi connectivity index (χ2v) is 7.61. The van der Waals surface area contributed by atoms with E-state index in [1.807, 2.05) is 0 Å². The lowest BCUT2D eigenvalue weighted by Crippen LogP contribution is -2.50. The summed E-state index contributed by atoms with van der Waals surface area (Å²) in [6, 6.07) is 0. The van der Waals surface area contributed by atoms with Crippen LogP contribution in [-0.4, -0.2) is 37.0 Å². The molecule has 4 aliphatic rings. The summed E-state index contributed by atoms with van der Waals surface area (Å²) in [5.74, 6) is -3.80. The fourth-order valence-electron chi connectivity index (χ4n) is 4.79. The topological polar surface area (TPSA) is 52.6 Å². The van der Waals surface area contributed by atoms with Gasteiger partial charge in [0.1, 0.15) is 6.10 Å². The van der Waals surface area contributed by atoms with Crippen LogP contribution in [0.4, 0.5) is 17.6 Å². The summed E-state index contributed by atoms with van der Waals surface area (Å²) in [7, 11) is 0. The van der Waals surface area contributed by atoms with Crippen LogP contribution in [0.15, 0.2) is 0 Å². The van der Waals surface area contributed by atoms with Crippen LogP contribution in [-0.2, 0) is 19.1 Å². The van der Waals surface area contributed by atoms with E-state index in [1.54, 1.807) is 0 Å². The highest BCUT2D eigenvalue weighted by Crippen LogP contribution is 2.54. The third-order valence-corrected chi connectivity index (χ3v) is 5.69. The largest absolute Gasteiger partial charge is 0.462 e. The number of halogens is 4. The summed E-state index contributed by atoms with van der Waals surface area (Å²) in [6.45, 7) is -1.69. The molecule has 0 unspecified atom stereocenters. The predicted molar refractivity (Wildman–Crippen MR) is 78.1 cm³/mol. The highest BCUT2D eigenvalue weighted by Gasteiger charge is 2.49. The highest BCUT2D eigenvalue weighted by molar-refractivity contribution is 5.77. The Morgan fingerprint density at radius 3 is 1.96 bits per heavy atom. The van der Waals surface area contributed by atoms with Crippen LogP contribution in [0.3, 0.4) is 0 Å². The van der Waals surface area contributed by atoms with Gasteiger partial charge in [-0.3, -0.25) is 9.59 Å². The number of carbonyl (C=O) groups is 2. The van der Waals surface area contributed by atoms with Gasteiger partial charge in [0.15, 0.2) is 6.61 Å². The Balaban J connectivity index is 1.39. The van der Waals surface area contributed by atoms with E-state index >= 15 is 0 Å². The summed E-state index contributed by atoms with van der Waals surface area (Å²) in [4.78, 5) is 23.3. The minimum Gasteiger partial charge on any atom is -0.462 e. The van der Waals surface area contributed by atoms with Gasteiger partial charge in [0.2, 0.25) is 0 Å². The monoisotopic (exact) mass is 366 g/mol. The number of alkyl halides is 4. The third-order valence-electron chi connectivity index (χ3n) is 5.69. The Labute approximate surface area is 143 Å². The van der Waals surface area contributed by atoms with Crippen molar-refractivity contribution < 1.29 is 36.6 Å². The molecule has 0 heterocycles. The van der Waals surface area contributed by atoms with Gasteiger partial charge in [0.05, 0.1) is 12.8 Å². The summed E-state index contributed by atoms with van der Waals surface area (Å²) in [6.07, 6.45) is 0.842. The van der Waals surface area contributed by atoms with Crippen LogP contribution in [0.2, 0.25) is 0 Å². The number of esters is 2. The third kappa shape index (κ3) is 4.26. The fraction of sp³-hybridized carbons (Fsp3) is 0.882. The smallest absolute Gasteiger partial charge is 0.340 e. The number of carbonyl (C=O) groups excluding carboxylic acids is 2. The van der Waals surface area contributed by atoms with Gasteiger partial charge in [-0.1, -0.05) is 0 Å². The molecule has 4 fully saturated rings. The first-order valence-electron chi connectivity index (χ1n) is 8.75. The number of ether oxygens (including phenoxy) is 2. The molecule has 4 rings (SSSR count). The molecule has 4 bridgehead atoms. The molecule has 0 aromatic carbocycles. The van der Waals surface area contributed by atoms with Gasteiger partial charge in [-0.2, -0.15) is 8.78 Å². The van der Waals surface area contributed by atoms with E-state index in [-0.39, 0.29) is 12.5 Å². The molecule has 0 aromatic rings. The van der Waals surface area contributed by atoms with Gasteiger partial charge in [-0.25, -0.2) is 8.78 Å². The number of hydrogen-bond donors (Lipinski definition) is 0. The molecule has 25 heavy (non-hydrogen) atoms. The Kier molecular flexibility index (Phi) is 5.25. The quantitative estimate of drug-likeness (QED) is 0.511. The summed E-state index contributed by atoms with van der Waals surface area (Å²) >= 11 is 0. The molecule has 4 saturated carbocycles. The van der Waals surface area contributed by atoms with Crippen LogP contribution in [0.1, 0.15) is 44.9 Å². The average molecular weight is 366 g/mol. The van der Waals surface area contributed by atoms with Crippen LogP contribution >= 0.6 is 0 Å². The highest BCUT2D eigenvalue weighted by atomic mass is 19.3. The first-order chi connectivity index (χ1) is 11.7. The van der Waals surface area contributed by atoms with Crippen molar-refractivity contribution in [3.63, 3.8) is 0 Å². The zero-order chi connectivity index (χ0) is 18.2. The van der Waals surface area contributed by atoms with E-state index in [1.165, 1.54) is 6.42 Å². The molecular formula is C17H22F4O4. The molecule has 0 amide bonds. The summed E-state index contributed by atoms with van der Waals surface area (Å²) in [5.41, 5.74) is 0. The number of rotatable bonds is 7. The van der Waals surface area contributed by atoms with E-state index in [0.29, 0.717) is 11.8 Å². The lowest BCUT2D eigenvalue weighted by atomic mass is 9.55. The SMILES string of the molecule is O=C(CCC(=O)OC1C2CC3CC(C2)CC1C3)OCC(F)(F)C(F)F.